The highest BCUT2D eigenvalue weighted by Crippen LogP contribution is 2.38. The highest BCUT2D eigenvalue weighted by Gasteiger charge is 2.33. The number of nitrogens with zero attached hydrogens (tertiary/aromatic N) is 6. The fourth-order valence-electron chi connectivity index (χ4n) is 6.39. The summed E-state index contributed by atoms with van der Waals surface area (Å²) in [5.41, 5.74) is 7.95. The lowest BCUT2D eigenvalue weighted by Crippen LogP contribution is -2.39. The van der Waals surface area contributed by atoms with Crippen LogP contribution >= 0.6 is 0 Å². The van der Waals surface area contributed by atoms with Gasteiger partial charge in [0.1, 0.15) is 11.6 Å². The summed E-state index contributed by atoms with van der Waals surface area (Å²) >= 11 is 0. The van der Waals surface area contributed by atoms with Crippen LogP contribution in [0.15, 0.2) is 55.6 Å². The summed E-state index contributed by atoms with van der Waals surface area (Å²) in [5, 5.41) is 39.9. The number of aliphatic imine (C=N–C) groups is 2. The van der Waals surface area contributed by atoms with Gasteiger partial charge >= 0.3 is 0 Å². The molecule has 2 atom stereocenters. The third-order valence-electron chi connectivity index (χ3n) is 9.10. The fourth-order valence-corrected chi connectivity index (χ4v) is 9.71. The molecule has 276 valence electrons. The minimum atomic E-state index is -2.40. The van der Waals surface area contributed by atoms with Crippen LogP contribution in [0.1, 0.15) is 45.7 Å². The van der Waals surface area contributed by atoms with Gasteiger partial charge in [-0.1, -0.05) is 12.1 Å². The van der Waals surface area contributed by atoms with Crippen molar-refractivity contribution in [1.82, 2.24) is 31.6 Å². The Morgan fingerprint density at radius 3 is 1.50 bits per heavy atom. The molecule has 0 radical (unpaired) electrons. The van der Waals surface area contributed by atoms with Crippen molar-refractivity contribution in [1.29, 1.82) is 9.56 Å². The SMILES string of the molecule is N=S1(=O)CC(CNc2nonc2C(=N[C@H]2Cc3ccc(F)cc32)NO)C1.N=S1(=O)CC(CNc2nonc2C(=N[C@H]2Cc3ccc(F)cc32)NO)C1. The van der Waals surface area contributed by atoms with Crippen molar-refractivity contribution in [3.8, 4) is 0 Å². The van der Waals surface area contributed by atoms with Gasteiger partial charge in [-0.2, -0.15) is 0 Å². The van der Waals surface area contributed by atoms with Crippen LogP contribution in [0.2, 0.25) is 0 Å². The van der Waals surface area contributed by atoms with E-state index in [2.05, 4.69) is 41.2 Å². The van der Waals surface area contributed by atoms with Gasteiger partial charge in [-0.25, -0.2) is 26.5 Å². The van der Waals surface area contributed by atoms with Crippen LogP contribution in [0.25, 0.3) is 0 Å². The molecule has 0 unspecified atom stereocenters. The lowest BCUT2D eigenvalue weighted by molar-refractivity contribution is 0.232. The molecule has 2 aliphatic heterocycles. The normalized spacial score (nSPS) is 27.2. The number of benzene rings is 2. The maximum atomic E-state index is 13.4. The topological polar surface area (TPSA) is 273 Å². The molecule has 52 heavy (non-hydrogen) atoms. The maximum Gasteiger partial charge on any atom is 0.202 e. The average molecular weight is 761 g/mol. The predicted molar refractivity (Wildman–Crippen MR) is 182 cm³/mol. The monoisotopic (exact) mass is 760 g/mol. The summed E-state index contributed by atoms with van der Waals surface area (Å²) in [5.74, 6) is 1.67. The van der Waals surface area contributed by atoms with E-state index < -0.39 is 19.5 Å². The van der Waals surface area contributed by atoms with Crippen LogP contribution in [0.5, 0.6) is 0 Å². The van der Waals surface area contributed by atoms with Crippen molar-refractivity contribution in [2.24, 2.45) is 21.8 Å². The molecular formula is C30H34F2N12O6S2. The van der Waals surface area contributed by atoms with E-state index >= 15 is 0 Å². The summed E-state index contributed by atoms with van der Waals surface area (Å²) < 4.78 is 73.9. The van der Waals surface area contributed by atoms with Crippen molar-refractivity contribution in [3.63, 3.8) is 0 Å². The lowest BCUT2D eigenvalue weighted by atomic mass is 9.83. The molecule has 18 nitrogen and oxygen atoms in total. The second-order valence-corrected chi connectivity index (χ2v) is 17.6. The number of rotatable bonds is 10. The van der Waals surface area contributed by atoms with Crippen molar-refractivity contribution >= 4 is 42.8 Å². The van der Waals surface area contributed by atoms with E-state index in [0.717, 1.165) is 22.3 Å². The molecule has 0 saturated carbocycles. The first-order chi connectivity index (χ1) is 24.9. The zero-order valence-corrected chi connectivity index (χ0v) is 28.8. The van der Waals surface area contributed by atoms with E-state index in [4.69, 9.17) is 18.8 Å². The standard InChI is InChI=1S/2C15H17FN6O3S/c2*16-10-2-1-9-3-12(11(9)4-10)19-15(20-23)13-14(22-25-21-13)18-5-8-6-26(17,24)7-8/h2*1-2,4,8,12,17,23H,3,5-7H2,(H,18,22)(H,19,20)/t2*8?,12-,26?/m00/s1. The Labute approximate surface area is 295 Å². The Hall–Kier alpha value is -5.06. The van der Waals surface area contributed by atoms with Crippen LogP contribution in [-0.4, -0.2) is 87.2 Å². The van der Waals surface area contributed by atoms with E-state index in [1.54, 1.807) is 12.1 Å². The second kappa shape index (κ2) is 14.2. The fraction of sp³-hybridized carbons (Fsp3) is 0.400. The quantitative estimate of drug-likeness (QED) is 0.0656. The number of aromatic nitrogens is 4. The number of nitrogens with one attached hydrogen (secondary N) is 6. The van der Waals surface area contributed by atoms with Gasteiger partial charge in [0.15, 0.2) is 23.1 Å². The number of amidine groups is 2. The Kier molecular flexibility index (Phi) is 9.63. The van der Waals surface area contributed by atoms with Gasteiger partial charge < -0.3 is 10.6 Å². The van der Waals surface area contributed by atoms with Crippen LogP contribution < -0.4 is 21.6 Å². The molecule has 0 spiro atoms. The molecule has 2 saturated heterocycles. The Bertz CT molecular complexity index is 2080. The molecule has 2 fully saturated rings. The molecule has 4 heterocycles. The van der Waals surface area contributed by atoms with Crippen LogP contribution in [-0.2, 0) is 32.3 Å². The van der Waals surface area contributed by atoms with Crippen LogP contribution in [0.4, 0.5) is 20.4 Å². The third-order valence-corrected chi connectivity index (χ3v) is 13.1. The van der Waals surface area contributed by atoms with Crippen molar-refractivity contribution in [3.05, 3.63) is 81.7 Å². The summed E-state index contributed by atoms with van der Waals surface area (Å²) in [6, 6.07) is 8.52. The van der Waals surface area contributed by atoms with Crippen molar-refractivity contribution in [2.75, 3.05) is 46.7 Å². The number of hydroxylamine groups is 2. The van der Waals surface area contributed by atoms with Gasteiger partial charge in [0.05, 0.1) is 12.1 Å². The Balaban J connectivity index is 0.000000162. The molecule has 2 aromatic carbocycles. The molecule has 8 rings (SSSR count). The average Bonchev–Trinajstić information content (AvgIpc) is 3.74. The largest absolute Gasteiger partial charge is 0.365 e. The van der Waals surface area contributed by atoms with Gasteiger partial charge in [0.2, 0.25) is 11.6 Å². The molecule has 4 aromatic rings. The first-order valence-corrected chi connectivity index (χ1v) is 19.8. The summed E-state index contributed by atoms with van der Waals surface area (Å²) in [6.07, 6.45) is 1.27. The van der Waals surface area contributed by atoms with E-state index in [-0.39, 0.29) is 70.2 Å². The Morgan fingerprint density at radius 2 is 1.13 bits per heavy atom. The highest BCUT2D eigenvalue weighted by atomic mass is 32.2. The first kappa shape index (κ1) is 35.3. The smallest absolute Gasteiger partial charge is 0.202 e. The predicted octanol–water partition coefficient (Wildman–Crippen LogP) is 2.64. The van der Waals surface area contributed by atoms with E-state index in [0.29, 0.717) is 48.9 Å². The van der Waals surface area contributed by atoms with Crippen molar-refractivity contribution in [2.45, 2.75) is 24.9 Å². The van der Waals surface area contributed by atoms with E-state index in [9.17, 15) is 27.6 Å². The second-order valence-electron chi connectivity index (χ2n) is 13.0. The zero-order valence-electron chi connectivity index (χ0n) is 27.2. The van der Waals surface area contributed by atoms with E-state index in [1.165, 1.54) is 24.3 Å². The van der Waals surface area contributed by atoms with Crippen LogP contribution in [0, 0.1) is 33.0 Å². The number of hydrogen-bond donors (Lipinski definition) is 8. The van der Waals surface area contributed by atoms with Crippen molar-refractivity contribution < 1.29 is 36.9 Å². The van der Waals surface area contributed by atoms with E-state index in [1.807, 2.05) is 11.0 Å². The summed E-state index contributed by atoms with van der Waals surface area (Å²) in [4.78, 5) is 8.76. The van der Waals surface area contributed by atoms with Gasteiger partial charge in [0.25, 0.3) is 0 Å². The number of fused-ring (bicyclic) bond motifs is 2. The minimum absolute atomic E-state index is 0.0616. The van der Waals surface area contributed by atoms with Crippen LogP contribution in [0.3, 0.4) is 0 Å². The maximum absolute atomic E-state index is 13.4. The minimum Gasteiger partial charge on any atom is -0.365 e. The van der Waals surface area contributed by atoms with Gasteiger partial charge in [-0.05, 0) is 80.0 Å². The molecule has 22 heteroatoms. The number of halogens is 2. The zero-order chi connectivity index (χ0) is 36.6. The molecule has 0 bridgehead atoms. The summed E-state index contributed by atoms with van der Waals surface area (Å²) in [7, 11) is -4.81. The summed E-state index contributed by atoms with van der Waals surface area (Å²) in [6.45, 7) is 0.931. The number of hydrogen-bond acceptors (Lipinski definition) is 16. The molecule has 2 aliphatic carbocycles. The Morgan fingerprint density at radius 1 is 0.731 bits per heavy atom. The van der Waals surface area contributed by atoms with Gasteiger partial charge in [-0.3, -0.25) is 40.9 Å². The first-order valence-electron chi connectivity index (χ1n) is 16.0. The molecule has 8 N–H and O–H groups in total. The van der Waals surface area contributed by atoms with Gasteiger partial charge in [-0.15, -0.1) is 0 Å². The molecule has 0 amide bonds. The lowest BCUT2D eigenvalue weighted by Gasteiger charge is -2.28. The molecule has 2 aromatic heterocycles. The number of anilines is 2. The third kappa shape index (κ3) is 7.59. The highest BCUT2D eigenvalue weighted by molar-refractivity contribution is 7.94. The molecule has 4 aliphatic rings. The molecular weight excluding hydrogens is 727 g/mol. The van der Waals surface area contributed by atoms with Gasteiger partial charge in [0, 0.05) is 67.4 Å².